The lowest BCUT2D eigenvalue weighted by Gasteiger charge is -2.53. The maximum atomic E-state index is 12.4. The van der Waals surface area contributed by atoms with Crippen molar-refractivity contribution in [3.8, 4) is 0 Å². The number of aliphatic hydroxyl groups is 2. The second-order valence-corrected chi connectivity index (χ2v) is 7.72. The van der Waals surface area contributed by atoms with Gasteiger partial charge in [0.1, 0.15) is 5.78 Å². The van der Waals surface area contributed by atoms with Gasteiger partial charge in [0.15, 0.2) is 0 Å². The first kappa shape index (κ1) is 15.5. The van der Waals surface area contributed by atoms with E-state index in [-0.39, 0.29) is 17.6 Å². The van der Waals surface area contributed by atoms with E-state index in [1.165, 1.54) is 6.42 Å². The van der Waals surface area contributed by atoms with E-state index in [0.717, 1.165) is 64.2 Å². The second-order valence-electron chi connectivity index (χ2n) is 7.72. The van der Waals surface area contributed by atoms with E-state index in [4.69, 9.17) is 0 Å². The molecule has 0 heterocycles. The second kappa shape index (κ2) is 6.00. The molecule has 120 valence electrons. The predicted molar refractivity (Wildman–Crippen MR) is 81.9 cm³/mol. The smallest absolute Gasteiger partial charge is 0.138 e. The van der Waals surface area contributed by atoms with Crippen LogP contribution in [0.3, 0.4) is 0 Å². The van der Waals surface area contributed by atoms with Crippen LogP contribution < -0.4 is 0 Å². The highest BCUT2D eigenvalue weighted by atomic mass is 16.3. The summed E-state index contributed by atoms with van der Waals surface area (Å²) in [5.74, 6) is -0.0661. The molecule has 3 heteroatoms. The van der Waals surface area contributed by atoms with Gasteiger partial charge in [-0.25, -0.2) is 0 Å². The fourth-order valence-corrected chi connectivity index (χ4v) is 5.36. The molecular weight excluding hydrogens is 264 g/mol. The first-order valence-electron chi connectivity index (χ1n) is 9.04. The van der Waals surface area contributed by atoms with Crippen LogP contribution in [0.15, 0.2) is 0 Å². The van der Waals surface area contributed by atoms with Crippen molar-refractivity contribution in [3.63, 3.8) is 0 Å². The molecule has 3 fully saturated rings. The van der Waals surface area contributed by atoms with E-state index >= 15 is 0 Å². The van der Waals surface area contributed by atoms with Gasteiger partial charge in [0.25, 0.3) is 0 Å². The number of ketones is 1. The van der Waals surface area contributed by atoms with Crippen molar-refractivity contribution in [3.05, 3.63) is 0 Å². The summed E-state index contributed by atoms with van der Waals surface area (Å²) in [6, 6.07) is 0. The summed E-state index contributed by atoms with van der Waals surface area (Å²) >= 11 is 0. The average molecular weight is 294 g/mol. The molecule has 3 nitrogen and oxygen atoms in total. The summed E-state index contributed by atoms with van der Waals surface area (Å²) in [6.07, 6.45) is 12.0. The van der Waals surface area contributed by atoms with Gasteiger partial charge < -0.3 is 10.2 Å². The summed E-state index contributed by atoms with van der Waals surface area (Å²) in [5.41, 5.74) is -1.67. The molecule has 3 rings (SSSR count). The maximum Gasteiger partial charge on any atom is 0.138 e. The van der Waals surface area contributed by atoms with Crippen molar-refractivity contribution in [2.45, 2.75) is 94.7 Å². The third-order valence-corrected chi connectivity index (χ3v) is 6.45. The average Bonchev–Trinajstić information content (AvgIpc) is 2.48. The summed E-state index contributed by atoms with van der Waals surface area (Å²) in [5, 5.41) is 22.6. The van der Waals surface area contributed by atoms with Crippen molar-refractivity contribution in [2.24, 2.45) is 11.8 Å². The quantitative estimate of drug-likeness (QED) is 0.821. The van der Waals surface area contributed by atoms with E-state index in [1.54, 1.807) is 0 Å². The molecule has 0 saturated heterocycles. The van der Waals surface area contributed by atoms with Crippen molar-refractivity contribution < 1.29 is 15.0 Å². The van der Waals surface area contributed by atoms with Crippen LogP contribution in [0.25, 0.3) is 0 Å². The standard InChI is InChI=1S/C18H30O3/c19-15-9-3-2-8-14(15)18(21)13-7-4-10-16(18)17(20)11-5-1-6-12-17/h14,16,20-21H,1-13H2/t14-,16+,18-/m0/s1. The van der Waals surface area contributed by atoms with Crippen LogP contribution in [0.1, 0.15) is 83.5 Å². The summed E-state index contributed by atoms with van der Waals surface area (Å²) < 4.78 is 0. The van der Waals surface area contributed by atoms with Crippen LogP contribution in [0, 0.1) is 11.8 Å². The number of Topliss-reactive ketones (excluding diaryl/α,β-unsaturated/α-hetero) is 1. The molecule has 0 aromatic rings. The third kappa shape index (κ3) is 2.79. The summed E-state index contributed by atoms with van der Waals surface area (Å²) in [6.45, 7) is 0. The predicted octanol–water partition coefficient (Wildman–Crippen LogP) is 3.36. The first-order chi connectivity index (χ1) is 10.1. The van der Waals surface area contributed by atoms with E-state index in [2.05, 4.69) is 0 Å². The fraction of sp³-hybridized carbons (Fsp3) is 0.944. The van der Waals surface area contributed by atoms with Crippen LogP contribution in [0.2, 0.25) is 0 Å². The minimum atomic E-state index is -0.943. The lowest BCUT2D eigenvalue weighted by atomic mass is 9.57. The third-order valence-electron chi connectivity index (χ3n) is 6.45. The highest BCUT2D eigenvalue weighted by molar-refractivity contribution is 5.83. The van der Waals surface area contributed by atoms with Crippen LogP contribution in [0.4, 0.5) is 0 Å². The SMILES string of the molecule is O=C1CCCC[C@@H]1[C@@]1(O)CCCC[C@@H]1C1(O)CCCCC1. The Morgan fingerprint density at radius 1 is 0.810 bits per heavy atom. The topological polar surface area (TPSA) is 57.5 Å². The zero-order valence-electron chi connectivity index (χ0n) is 13.1. The molecule has 2 N–H and O–H groups in total. The Kier molecular flexibility index (Phi) is 4.42. The molecule has 0 aromatic carbocycles. The van der Waals surface area contributed by atoms with Crippen molar-refractivity contribution in [2.75, 3.05) is 0 Å². The monoisotopic (exact) mass is 294 g/mol. The van der Waals surface area contributed by atoms with Gasteiger partial charge in [-0.05, 0) is 38.5 Å². The minimum absolute atomic E-state index is 0.0916. The largest absolute Gasteiger partial charge is 0.389 e. The number of hydrogen-bond acceptors (Lipinski definition) is 3. The van der Waals surface area contributed by atoms with E-state index in [1.807, 2.05) is 0 Å². The lowest BCUT2D eigenvalue weighted by Crippen LogP contribution is -2.59. The van der Waals surface area contributed by atoms with E-state index in [0.29, 0.717) is 12.8 Å². The Balaban J connectivity index is 1.87. The van der Waals surface area contributed by atoms with Crippen LogP contribution in [-0.4, -0.2) is 27.2 Å². The molecule has 0 aliphatic heterocycles. The molecule has 0 radical (unpaired) electrons. The molecule has 0 amide bonds. The van der Waals surface area contributed by atoms with Crippen molar-refractivity contribution in [1.82, 2.24) is 0 Å². The Bertz CT molecular complexity index is 386. The molecule has 21 heavy (non-hydrogen) atoms. The zero-order chi connectivity index (χ0) is 14.9. The van der Waals surface area contributed by atoms with Gasteiger partial charge in [-0.15, -0.1) is 0 Å². The number of rotatable bonds is 2. The Hall–Kier alpha value is -0.410. The number of carbonyl (C=O) groups excluding carboxylic acids is 1. The number of carbonyl (C=O) groups is 1. The lowest BCUT2D eigenvalue weighted by molar-refractivity contribution is -0.187. The van der Waals surface area contributed by atoms with Gasteiger partial charge in [0.05, 0.1) is 11.2 Å². The molecule has 0 aromatic heterocycles. The molecule has 3 saturated carbocycles. The van der Waals surface area contributed by atoms with Gasteiger partial charge in [0.2, 0.25) is 0 Å². The van der Waals surface area contributed by atoms with Crippen LogP contribution in [-0.2, 0) is 4.79 Å². The Morgan fingerprint density at radius 2 is 1.48 bits per heavy atom. The highest BCUT2D eigenvalue weighted by Gasteiger charge is 2.55. The van der Waals surface area contributed by atoms with Gasteiger partial charge >= 0.3 is 0 Å². The van der Waals surface area contributed by atoms with Gasteiger partial charge in [0, 0.05) is 18.3 Å². The minimum Gasteiger partial charge on any atom is -0.389 e. The molecule has 3 atom stereocenters. The summed E-state index contributed by atoms with van der Waals surface area (Å²) in [7, 11) is 0. The molecule has 3 aliphatic rings. The normalized spacial score (nSPS) is 41.0. The van der Waals surface area contributed by atoms with E-state index in [9.17, 15) is 15.0 Å². The fourth-order valence-electron chi connectivity index (χ4n) is 5.36. The van der Waals surface area contributed by atoms with Crippen molar-refractivity contribution >= 4 is 5.78 Å². The van der Waals surface area contributed by atoms with Crippen molar-refractivity contribution in [1.29, 1.82) is 0 Å². The molecule has 0 bridgehead atoms. The van der Waals surface area contributed by atoms with Gasteiger partial charge in [-0.1, -0.05) is 38.5 Å². The Morgan fingerprint density at radius 3 is 2.19 bits per heavy atom. The molecule has 3 aliphatic carbocycles. The van der Waals surface area contributed by atoms with Gasteiger partial charge in [-0.2, -0.15) is 0 Å². The zero-order valence-corrected chi connectivity index (χ0v) is 13.1. The van der Waals surface area contributed by atoms with E-state index < -0.39 is 11.2 Å². The molecular formula is C18H30O3. The van der Waals surface area contributed by atoms with Crippen LogP contribution >= 0.6 is 0 Å². The van der Waals surface area contributed by atoms with Crippen LogP contribution in [0.5, 0.6) is 0 Å². The maximum absolute atomic E-state index is 12.4. The summed E-state index contributed by atoms with van der Waals surface area (Å²) in [4.78, 5) is 12.4. The number of hydrogen-bond donors (Lipinski definition) is 2. The molecule has 0 spiro atoms. The molecule has 0 unspecified atom stereocenters. The van der Waals surface area contributed by atoms with Gasteiger partial charge in [-0.3, -0.25) is 4.79 Å². The highest BCUT2D eigenvalue weighted by Crippen LogP contribution is 2.51. The first-order valence-corrected chi connectivity index (χ1v) is 9.04. The Labute approximate surface area is 128 Å².